The maximum absolute atomic E-state index is 12.1. The molecule has 1 aromatic rings. The van der Waals surface area contributed by atoms with Crippen LogP contribution in [0.2, 0.25) is 0 Å². The Bertz CT molecular complexity index is 469. The second-order valence-corrected chi connectivity index (χ2v) is 4.64. The molecule has 0 bridgehead atoms. The maximum atomic E-state index is 12.1. The molecule has 108 valence electrons. The molecule has 0 fully saturated rings. The highest BCUT2D eigenvalue weighted by molar-refractivity contribution is 6.21. The van der Waals surface area contributed by atoms with Crippen LogP contribution in [-0.2, 0) is 4.74 Å². The normalized spacial score (nSPS) is 14.2. The lowest BCUT2D eigenvalue weighted by Gasteiger charge is -2.22. The van der Waals surface area contributed by atoms with E-state index in [0.717, 1.165) is 0 Å². The van der Waals surface area contributed by atoms with Crippen LogP contribution < -0.4 is 0 Å². The highest BCUT2D eigenvalue weighted by atomic mass is 16.5. The number of rotatable bonds is 7. The van der Waals surface area contributed by atoms with Gasteiger partial charge in [-0.15, -0.1) is 0 Å². The number of aliphatic hydroxyl groups is 1. The topological polar surface area (TPSA) is 70.1 Å². The van der Waals surface area contributed by atoms with Crippen molar-refractivity contribution in [1.82, 2.24) is 9.80 Å². The summed E-state index contributed by atoms with van der Waals surface area (Å²) in [5, 5.41) is 8.59. The standard InChI is InChI=1S/C14H18N2O4/c1-15(6-8-20-9-7-17)10-16-13(18)11-4-2-3-5-12(11)14(16)19/h2-5,17H,6-10H2,1H3. The van der Waals surface area contributed by atoms with Crippen molar-refractivity contribution in [3.8, 4) is 0 Å². The number of benzene rings is 1. The molecule has 1 heterocycles. The summed E-state index contributed by atoms with van der Waals surface area (Å²) in [6.07, 6.45) is 0. The van der Waals surface area contributed by atoms with Gasteiger partial charge in [0.15, 0.2) is 0 Å². The summed E-state index contributed by atoms with van der Waals surface area (Å²) in [6, 6.07) is 6.83. The molecular weight excluding hydrogens is 260 g/mol. The number of imide groups is 1. The fourth-order valence-electron chi connectivity index (χ4n) is 2.07. The van der Waals surface area contributed by atoms with Gasteiger partial charge < -0.3 is 9.84 Å². The molecule has 0 saturated heterocycles. The van der Waals surface area contributed by atoms with Gasteiger partial charge in [0.25, 0.3) is 11.8 Å². The van der Waals surface area contributed by atoms with Gasteiger partial charge >= 0.3 is 0 Å². The number of aliphatic hydroxyl groups excluding tert-OH is 1. The van der Waals surface area contributed by atoms with Crippen LogP contribution in [0.1, 0.15) is 20.7 Å². The minimum atomic E-state index is -0.256. The summed E-state index contributed by atoms with van der Waals surface area (Å²) in [6.45, 7) is 1.53. The monoisotopic (exact) mass is 278 g/mol. The van der Waals surface area contributed by atoms with E-state index in [4.69, 9.17) is 9.84 Å². The van der Waals surface area contributed by atoms with Crippen molar-refractivity contribution >= 4 is 11.8 Å². The lowest BCUT2D eigenvalue weighted by Crippen LogP contribution is -2.40. The highest BCUT2D eigenvalue weighted by Gasteiger charge is 2.35. The number of hydrogen-bond donors (Lipinski definition) is 1. The first-order valence-corrected chi connectivity index (χ1v) is 6.47. The highest BCUT2D eigenvalue weighted by Crippen LogP contribution is 2.22. The average Bonchev–Trinajstić information content (AvgIpc) is 2.69. The molecule has 0 atom stereocenters. The van der Waals surface area contributed by atoms with Crippen LogP contribution in [0.5, 0.6) is 0 Å². The molecule has 0 saturated carbocycles. The minimum absolute atomic E-state index is 0.0118. The Morgan fingerprint density at radius 1 is 1.15 bits per heavy atom. The Balaban J connectivity index is 1.91. The van der Waals surface area contributed by atoms with E-state index in [0.29, 0.717) is 30.9 Å². The summed E-state index contributed by atoms with van der Waals surface area (Å²) in [5.41, 5.74) is 0.921. The second kappa shape index (κ2) is 6.60. The van der Waals surface area contributed by atoms with Crippen molar-refractivity contribution in [2.24, 2.45) is 0 Å². The van der Waals surface area contributed by atoms with Crippen molar-refractivity contribution in [3.05, 3.63) is 35.4 Å². The Hall–Kier alpha value is -1.76. The van der Waals surface area contributed by atoms with Crippen molar-refractivity contribution in [3.63, 3.8) is 0 Å². The number of carbonyl (C=O) groups is 2. The number of likely N-dealkylation sites (N-methyl/N-ethyl adjacent to an activating group) is 1. The number of fused-ring (bicyclic) bond motifs is 1. The van der Waals surface area contributed by atoms with Crippen molar-refractivity contribution in [2.45, 2.75) is 0 Å². The van der Waals surface area contributed by atoms with Gasteiger partial charge in [0, 0.05) is 6.54 Å². The zero-order chi connectivity index (χ0) is 14.5. The zero-order valence-electron chi connectivity index (χ0n) is 11.4. The SMILES string of the molecule is CN(CCOCCO)CN1C(=O)c2ccccc2C1=O. The van der Waals surface area contributed by atoms with Gasteiger partial charge in [-0.2, -0.15) is 0 Å². The Morgan fingerprint density at radius 2 is 1.75 bits per heavy atom. The third-order valence-corrected chi connectivity index (χ3v) is 3.11. The van der Waals surface area contributed by atoms with Crippen LogP contribution in [0.4, 0.5) is 0 Å². The van der Waals surface area contributed by atoms with Gasteiger partial charge in [-0.25, -0.2) is 0 Å². The van der Waals surface area contributed by atoms with Crippen LogP contribution in [0.15, 0.2) is 24.3 Å². The quantitative estimate of drug-likeness (QED) is 0.569. The summed E-state index contributed by atoms with van der Waals surface area (Å²) < 4.78 is 5.15. The molecule has 1 aliphatic rings. The smallest absolute Gasteiger partial charge is 0.262 e. The summed E-state index contributed by atoms with van der Waals surface area (Å²) in [4.78, 5) is 27.3. The van der Waals surface area contributed by atoms with E-state index in [1.54, 1.807) is 24.3 Å². The summed E-state index contributed by atoms with van der Waals surface area (Å²) >= 11 is 0. The molecule has 0 aliphatic carbocycles. The number of hydrogen-bond acceptors (Lipinski definition) is 5. The van der Waals surface area contributed by atoms with Crippen molar-refractivity contribution in [2.75, 3.05) is 40.1 Å². The molecule has 1 N–H and O–H groups in total. The van der Waals surface area contributed by atoms with Gasteiger partial charge in [-0.05, 0) is 19.2 Å². The fourth-order valence-corrected chi connectivity index (χ4v) is 2.07. The van der Waals surface area contributed by atoms with Gasteiger partial charge in [0.05, 0.1) is 37.6 Å². The first-order valence-electron chi connectivity index (χ1n) is 6.47. The van der Waals surface area contributed by atoms with Gasteiger partial charge in [0.2, 0.25) is 0 Å². The van der Waals surface area contributed by atoms with E-state index in [-0.39, 0.29) is 25.1 Å². The lowest BCUT2D eigenvalue weighted by molar-refractivity contribution is 0.0479. The molecule has 6 heteroatoms. The lowest BCUT2D eigenvalue weighted by atomic mass is 10.1. The Kier molecular flexibility index (Phi) is 4.84. The number of amides is 2. The summed E-state index contributed by atoms with van der Waals surface area (Å²) in [5.74, 6) is -0.512. The number of nitrogens with zero attached hydrogens (tertiary/aromatic N) is 2. The van der Waals surface area contributed by atoms with Crippen molar-refractivity contribution < 1.29 is 19.4 Å². The third kappa shape index (κ3) is 3.04. The van der Waals surface area contributed by atoms with E-state index in [9.17, 15) is 9.59 Å². The molecule has 20 heavy (non-hydrogen) atoms. The average molecular weight is 278 g/mol. The molecule has 0 aromatic heterocycles. The van der Waals surface area contributed by atoms with Crippen LogP contribution >= 0.6 is 0 Å². The van der Waals surface area contributed by atoms with Crippen LogP contribution in [0.25, 0.3) is 0 Å². The zero-order valence-corrected chi connectivity index (χ0v) is 11.4. The van der Waals surface area contributed by atoms with Crippen LogP contribution in [0, 0.1) is 0 Å². The van der Waals surface area contributed by atoms with Gasteiger partial charge in [-0.1, -0.05) is 12.1 Å². The predicted molar refractivity (Wildman–Crippen MR) is 72.3 cm³/mol. The molecule has 1 aromatic carbocycles. The maximum Gasteiger partial charge on any atom is 0.262 e. The Morgan fingerprint density at radius 3 is 2.30 bits per heavy atom. The second-order valence-electron chi connectivity index (χ2n) is 4.64. The molecule has 2 rings (SSSR count). The molecule has 1 aliphatic heterocycles. The molecule has 6 nitrogen and oxygen atoms in total. The van der Waals surface area contributed by atoms with E-state index in [1.165, 1.54) is 4.90 Å². The Labute approximate surface area is 117 Å². The molecule has 2 amide bonds. The largest absolute Gasteiger partial charge is 0.394 e. The van der Waals surface area contributed by atoms with E-state index in [1.807, 2.05) is 11.9 Å². The van der Waals surface area contributed by atoms with Crippen molar-refractivity contribution in [1.29, 1.82) is 0 Å². The summed E-state index contributed by atoms with van der Waals surface area (Å²) in [7, 11) is 1.81. The molecule has 0 unspecified atom stereocenters. The molecular formula is C14H18N2O4. The minimum Gasteiger partial charge on any atom is -0.394 e. The third-order valence-electron chi connectivity index (χ3n) is 3.11. The first-order chi connectivity index (χ1) is 9.65. The van der Waals surface area contributed by atoms with Crippen LogP contribution in [0.3, 0.4) is 0 Å². The predicted octanol–water partition coefficient (Wildman–Crippen LogP) is 0.181. The van der Waals surface area contributed by atoms with Gasteiger partial charge in [-0.3, -0.25) is 19.4 Å². The van der Waals surface area contributed by atoms with E-state index in [2.05, 4.69) is 0 Å². The molecule has 0 radical (unpaired) electrons. The first kappa shape index (κ1) is 14.6. The number of ether oxygens (including phenoxy) is 1. The molecule has 0 spiro atoms. The van der Waals surface area contributed by atoms with Crippen LogP contribution in [-0.4, -0.2) is 66.8 Å². The fraction of sp³-hybridized carbons (Fsp3) is 0.429. The van der Waals surface area contributed by atoms with E-state index >= 15 is 0 Å². The number of carbonyl (C=O) groups excluding carboxylic acids is 2. The van der Waals surface area contributed by atoms with Gasteiger partial charge in [0.1, 0.15) is 0 Å². The van der Waals surface area contributed by atoms with E-state index < -0.39 is 0 Å².